The van der Waals surface area contributed by atoms with Gasteiger partial charge in [0.25, 0.3) is 5.56 Å². The molecule has 1 aliphatic heterocycles. The van der Waals surface area contributed by atoms with Crippen molar-refractivity contribution >= 4 is 28.8 Å². The summed E-state index contributed by atoms with van der Waals surface area (Å²) >= 11 is 0. The van der Waals surface area contributed by atoms with Crippen molar-refractivity contribution in [2.45, 2.75) is 85.4 Å². The van der Waals surface area contributed by atoms with Crippen LogP contribution < -0.4 is 10.9 Å². The number of carbonyl (C=O) groups is 1. The Kier molecular flexibility index (Phi) is 7.13. The molecule has 0 spiro atoms. The van der Waals surface area contributed by atoms with Crippen molar-refractivity contribution in [3.8, 4) is 5.82 Å². The molecular weight excluding hydrogens is 518 g/mol. The molecule has 4 heterocycles. The van der Waals surface area contributed by atoms with E-state index in [1.807, 2.05) is 65.0 Å². The van der Waals surface area contributed by atoms with Gasteiger partial charge in [0.1, 0.15) is 11.0 Å². The lowest BCUT2D eigenvalue weighted by atomic mass is 9.92. The summed E-state index contributed by atoms with van der Waals surface area (Å²) in [6.45, 7) is 16.9. The molecule has 0 atom stereocenters. The van der Waals surface area contributed by atoms with Crippen molar-refractivity contribution in [2.75, 3.05) is 11.9 Å². The quantitative estimate of drug-likeness (QED) is 0.333. The topological polar surface area (TPSA) is 107 Å². The number of hydrogen-bond donors (Lipinski definition) is 1. The highest BCUT2D eigenvalue weighted by atomic mass is 16.6. The fraction of sp³-hybridized carbons (Fsp3) is 0.452. The number of hydrogen-bond acceptors (Lipinski definition) is 7. The van der Waals surface area contributed by atoms with Crippen LogP contribution in [0.1, 0.15) is 78.3 Å². The lowest BCUT2D eigenvalue weighted by Gasteiger charge is -2.31. The predicted molar refractivity (Wildman–Crippen MR) is 160 cm³/mol. The van der Waals surface area contributed by atoms with E-state index in [2.05, 4.69) is 37.1 Å². The van der Waals surface area contributed by atoms with Crippen LogP contribution in [0.4, 0.5) is 16.4 Å². The molecule has 216 valence electrons. The summed E-state index contributed by atoms with van der Waals surface area (Å²) in [5.74, 6) is 0.984. The molecule has 0 unspecified atom stereocenters. The Morgan fingerprint density at radius 1 is 1.02 bits per heavy atom. The average molecular weight is 558 g/mol. The second-order valence-electron chi connectivity index (χ2n) is 12.9. The fourth-order valence-corrected chi connectivity index (χ4v) is 4.95. The molecule has 0 radical (unpaired) electrons. The molecule has 0 fully saturated rings. The number of carbonyl (C=O) groups excluding carboxylic acids is 1. The lowest BCUT2D eigenvalue weighted by molar-refractivity contribution is 0.0224. The first-order valence-electron chi connectivity index (χ1n) is 14.1. The number of aromatic nitrogens is 5. The van der Waals surface area contributed by atoms with Crippen molar-refractivity contribution in [3.63, 3.8) is 0 Å². The SMILES string of the molecule is CC(C)n1c(=O)c2cnc(Nc3ccc4c(c3)CN(C(=O)OC(C)(C)C)CC4)nc2n1-c1cccc(C(C)(C)C)n1. The summed E-state index contributed by atoms with van der Waals surface area (Å²) in [5.41, 5.74) is 3.55. The monoisotopic (exact) mass is 557 g/mol. The molecular formula is C31H39N7O3. The molecule has 1 aliphatic rings. The average Bonchev–Trinajstić information content (AvgIpc) is 3.18. The van der Waals surface area contributed by atoms with Gasteiger partial charge < -0.3 is 15.0 Å². The largest absolute Gasteiger partial charge is 0.444 e. The second kappa shape index (κ2) is 10.3. The maximum absolute atomic E-state index is 13.4. The number of amides is 1. The highest BCUT2D eigenvalue weighted by Gasteiger charge is 2.26. The van der Waals surface area contributed by atoms with Crippen molar-refractivity contribution in [2.24, 2.45) is 0 Å². The Balaban J connectivity index is 1.50. The molecule has 1 aromatic carbocycles. The molecule has 10 nitrogen and oxygen atoms in total. The lowest BCUT2D eigenvalue weighted by Crippen LogP contribution is -2.39. The summed E-state index contributed by atoms with van der Waals surface area (Å²) < 4.78 is 9.03. The van der Waals surface area contributed by atoms with Crippen molar-refractivity contribution < 1.29 is 9.53 Å². The molecule has 5 rings (SSSR count). The van der Waals surface area contributed by atoms with Crippen LogP contribution in [-0.4, -0.2) is 47.5 Å². The molecule has 3 aromatic heterocycles. The van der Waals surface area contributed by atoms with Crippen molar-refractivity contribution in [1.82, 2.24) is 29.2 Å². The number of ether oxygens (including phenoxy) is 1. The van der Waals surface area contributed by atoms with Crippen molar-refractivity contribution in [3.05, 3.63) is 69.8 Å². The predicted octanol–water partition coefficient (Wildman–Crippen LogP) is 5.89. The zero-order chi connectivity index (χ0) is 29.7. The summed E-state index contributed by atoms with van der Waals surface area (Å²) in [6, 6.07) is 11.8. The highest BCUT2D eigenvalue weighted by molar-refractivity contribution is 5.77. The maximum Gasteiger partial charge on any atom is 0.410 e. The van der Waals surface area contributed by atoms with E-state index in [0.29, 0.717) is 35.9 Å². The van der Waals surface area contributed by atoms with Crippen LogP contribution in [0.25, 0.3) is 16.9 Å². The van der Waals surface area contributed by atoms with Gasteiger partial charge in [-0.25, -0.2) is 24.1 Å². The zero-order valence-electron chi connectivity index (χ0n) is 25.1. The van der Waals surface area contributed by atoms with Gasteiger partial charge in [-0.05, 0) is 76.4 Å². The van der Waals surface area contributed by atoms with Gasteiger partial charge in [-0.3, -0.25) is 4.79 Å². The number of fused-ring (bicyclic) bond motifs is 2. The Bertz CT molecular complexity index is 1670. The van der Waals surface area contributed by atoms with Gasteiger partial charge in [0.15, 0.2) is 11.5 Å². The molecule has 0 saturated heterocycles. The van der Waals surface area contributed by atoms with Crippen LogP contribution in [0.3, 0.4) is 0 Å². The molecule has 0 aliphatic carbocycles. The first-order chi connectivity index (χ1) is 19.2. The smallest absolute Gasteiger partial charge is 0.410 e. The standard InChI is InChI=1S/C31H39N7O3/c1-19(2)37-27(39)23-17-32-28(35-26(23)38(37)25-11-9-10-24(34-25)30(3,4)5)33-22-13-12-20-14-15-36(18-21(20)16-22)29(40)41-31(6,7)8/h9-13,16-17,19H,14-15,18H2,1-8H3,(H,32,33,35). The molecule has 1 amide bonds. The van der Waals surface area contributed by atoms with Crippen LogP contribution in [0.2, 0.25) is 0 Å². The van der Waals surface area contributed by atoms with E-state index in [1.54, 1.807) is 20.5 Å². The number of nitrogens with zero attached hydrogens (tertiary/aromatic N) is 6. The van der Waals surface area contributed by atoms with Gasteiger partial charge in [0.05, 0.1) is 0 Å². The normalized spacial score (nSPS) is 13.9. The summed E-state index contributed by atoms with van der Waals surface area (Å²) in [5, 5.41) is 3.72. The van der Waals surface area contributed by atoms with Gasteiger partial charge >= 0.3 is 6.09 Å². The number of anilines is 2. The third-order valence-corrected chi connectivity index (χ3v) is 6.96. The van der Waals surface area contributed by atoms with Crippen molar-refractivity contribution in [1.29, 1.82) is 0 Å². The van der Waals surface area contributed by atoms with E-state index in [0.717, 1.165) is 23.4 Å². The minimum atomic E-state index is -0.546. The summed E-state index contributed by atoms with van der Waals surface area (Å²) in [7, 11) is 0. The molecule has 41 heavy (non-hydrogen) atoms. The number of pyridine rings is 1. The minimum Gasteiger partial charge on any atom is -0.444 e. The van der Waals surface area contributed by atoms with Crippen LogP contribution in [0.5, 0.6) is 0 Å². The fourth-order valence-electron chi connectivity index (χ4n) is 4.95. The van der Waals surface area contributed by atoms with Gasteiger partial charge in [0, 0.05) is 42.1 Å². The van der Waals surface area contributed by atoms with Crippen LogP contribution in [-0.2, 0) is 23.1 Å². The van der Waals surface area contributed by atoms with Gasteiger partial charge in [-0.2, -0.15) is 4.98 Å². The van der Waals surface area contributed by atoms with E-state index in [1.165, 1.54) is 5.56 Å². The Labute approximate surface area is 240 Å². The van der Waals surface area contributed by atoms with Crippen LogP contribution in [0.15, 0.2) is 47.4 Å². The Morgan fingerprint density at radius 2 is 1.78 bits per heavy atom. The Hall–Kier alpha value is -4.21. The van der Waals surface area contributed by atoms with Gasteiger partial charge in [0.2, 0.25) is 5.95 Å². The van der Waals surface area contributed by atoms with E-state index in [4.69, 9.17) is 14.7 Å². The molecule has 1 N–H and O–H groups in total. The highest BCUT2D eigenvalue weighted by Crippen LogP contribution is 2.27. The molecule has 0 bridgehead atoms. The van der Waals surface area contributed by atoms with E-state index >= 15 is 0 Å². The maximum atomic E-state index is 13.4. The number of nitrogens with one attached hydrogen (secondary N) is 1. The Morgan fingerprint density at radius 3 is 2.46 bits per heavy atom. The second-order valence-corrected chi connectivity index (χ2v) is 12.9. The van der Waals surface area contributed by atoms with E-state index in [9.17, 15) is 9.59 Å². The summed E-state index contributed by atoms with van der Waals surface area (Å²) in [6.07, 6.45) is 2.01. The van der Waals surface area contributed by atoms with Crippen LogP contribution in [0, 0.1) is 0 Å². The van der Waals surface area contributed by atoms with E-state index in [-0.39, 0.29) is 23.1 Å². The third kappa shape index (κ3) is 5.82. The zero-order valence-corrected chi connectivity index (χ0v) is 25.1. The van der Waals surface area contributed by atoms with Gasteiger partial charge in [-0.1, -0.05) is 32.9 Å². The van der Waals surface area contributed by atoms with Crippen LogP contribution >= 0.6 is 0 Å². The third-order valence-electron chi connectivity index (χ3n) is 6.96. The number of benzene rings is 1. The number of rotatable bonds is 4. The van der Waals surface area contributed by atoms with E-state index < -0.39 is 5.60 Å². The first kappa shape index (κ1) is 28.3. The summed E-state index contributed by atoms with van der Waals surface area (Å²) in [4.78, 5) is 42.0. The molecule has 10 heteroatoms. The molecule has 4 aromatic rings. The van der Waals surface area contributed by atoms with Gasteiger partial charge in [-0.15, -0.1) is 0 Å². The minimum absolute atomic E-state index is 0.123. The molecule has 0 saturated carbocycles. The first-order valence-corrected chi connectivity index (χ1v) is 14.1.